The second-order valence-corrected chi connectivity index (χ2v) is 5.99. The summed E-state index contributed by atoms with van der Waals surface area (Å²) in [7, 11) is 0. The number of hydrogen-bond acceptors (Lipinski definition) is 3. The molecule has 2 atom stereocenters. The Kier molecular flexibility index (Phi) is 5.86. The molecule has 1 aliphatic heterocycles. The van der Waals surface area contributed by atoms with Gasteiger partial charge in [-0.1, -0.05) is 19.1 Å². The summed E-state index contributed by atoms with van der Waals surface area (Å²) in [6, 6.07) is 8.57. The van der Waals surface area contributed by atoms with Gasteiger partial charge in [0.05, 0.1) is 6.61 Å². The van der Waals surface area contributed by atoms with Gasteiger partial charge in [-0.25, -0.2) is 0 Å². The first-order chi connectivity index (χ1) is 9.72. The van der Waals surface area contributed by atoms with Crippen molar-refractivity contribution in [3.8, 4) is 0 Å². The number of rotatable bonds is 6. The van der Waals surface area contributed by atoms with E-state index in [1.807, 2.05) is 18.2 Å². The normalized spacial score (nSPS) is 21.6. The van der Waals surface area contributed by atoms with Crippen molar-refractivity contribution >= 4 is 5.69 Å². The SMILES string of the molecule is CCCN1CCCC(C(C)Nc2cccc(CO)c2)C1. The molecule has 0 spiro atoms. The van der Waals surface area contributed by atoms with Crippen LogP contribution in [-0.2, 0) is 6.61 Å². The molecule has 2 rings (SSSR count). The molecule has 1 aliphatic rings. The van der Waals surface area contributed by atoms with Crippen molar-refractivity contribution in [2.75, 3.05) is 25.0 Å². The summed E-state index contributed by atoms with van der Waals surface area (Å²) in [5.41, 5.74) is 2.09. The Bertz CT molecular complexity index is 406. The fourth-order valence-electron chi connectivity index (χ4n) is 3.16. The molecule has 20 heavy (non-hydrogen) atoms. The van der Waals surface area contributed by atoms with Crippen LogP contribution in [0, 0.1) is 5.92 Å². The second kappa shape index (κ2) is 7.65. The molecular weight excluding hydrogens is 248 g/mol. The maximum atomic E-state index is 9.20. The van der Waals surface area contributed by atoms with Gasteiger partial charge in [-0.05, 0) is 62.9 Å². The highest BCUT2D eigenvalue weighted by Gasteiger charge is 2.24. The third-order valence-electron chi connectivity index (χ3n) is 4.29. The smallest absolute Gasteiger partial charge is 0.0682 e. The van der Waals surface area contributed by atoms with Crippen LogP contribution in [-0.4, -0.2) is 35.7 Å². The van der Waals surface area contributed by atoms with Crippen molar-refractivity contribution in [3.05, 3.63) is 29.8 Å². The number of nitrogens with zero attached hydrogens (tertiary/aromatic N) is 1. The lowest BCUT2D eigenvalue weighted by atomic mass is 9.91. The molecule has 1 aromatic carbocycles. The van der Waals surface area contributed by atoms with Crippen LogP contribution in [0.4, 0.5) is 5.69 Å². The van der Waals surface area contributed by atoms with Gasteiger partial charge in [0.2, 0.25) is 0 Å². The quantitative estimate of drug-likeness (QED) is 0.838. The summed E-state index contributed by atoms with van der Waals surface area (Å²) in [4.78, 5) is 2.59. The van der Waals surface area contributed by atoms with Crippen LogP contribution in [0.1, 0.15) is 38.7 Å². The van der Waals surface area contributed by atoms with Gasteiger partial charge in [0, 0.05) is 18.3 Å². The highest BCUT2D eigenvalue weighted by molar-refractivity contribution is 5.46. The molecule has 2 unspecified atom stereocenters. The molecule has 1 fully saturated rings. The van der Waals surface area contributed by atoms with E-state index in [0.717, 1.165) is 11.3 Å². The van der Waals surface area contributed by atoms with Crippen LogP contribution in [0.25, 0.3) is 0 Å². The molecule has 2 N–H and O–H groups in total. The van der Waals surface area contributed by atoms with Gasteiger partial charge >= 0.3 is 0 Å². The van der Waals surface area contributed by atoms with Gasteiger partial charge in [0.15, 0.2) is 0 Å². The topological polar surface area (TPSA) is 35.5 Å². The summed E-state index contributed by atoms with van der Waals surface area (Å²) in [5.74, 6) is 0.716. The zero-order valence-electron chi connectivity index (χ0n) is 12.8. The molecule has 0 bridgehead atoms. The Morgan fingerprint density at radius 2 is 2.30 bits per heavy atom. The minimum Gasteiger partial charge on any atom is -0.392 e. The number of benzene rings is 1. The van der Waals surface area contributed by atoms with Gasteiger partial charge in [0.1, 0.15) is 0 Å². The molecule has 1 aromatic rings. The number of hydrogen-bond donors (Lipinski definition) is 2. The maximum absolute atomic E-state index is 9.20. The van der Waals surface area contributed by atoms with Crippen LogP contribution in [0.5, 0.6) is 0 Å². The summed E-state index contributed by atoms with van der Waals surface area (Å²) >= 11 is 0. The number of anilines is 1. The van der Waals surface area contributed by atoms with Crippen molar-refractivity contribution in [2.24, 2.45) is 5.92 Å². The number of nitrogens with one attached hydrogen (secondary N) is 1. The van der Waals surface area contributed by atoms with Crippen molar-refractivity contribution in [1.82, 2.24) is 4.90 Å². The van der Waals surface area contributed by atoms with E-state index in [0.29, 0.717) is 12.0 Å². The van der Waals surface area contributed by atoms with Gasteiger partial charge in [-0.15, -0.1) is 0 Å². The minimum atomic E-state index is 0.109. The summed E-state index contributed by atoms with van der Waals surface area (Å²) < 4.78 is 0. The molecule has 0 saturated carbocycles. The van der Waals surface area contributed by atoms with Gasteiger partial charge in [-0.2, -0.15) is 0 Å². The molecule has 0 radical (unpaired) electrons. The molecule has 0 amide bonds. The van der Waals surface area contributed by atoms with Crippen LogP contribution in [0.15, 0.2) is 24.3 Å². The summed E-state index contributed by atoms with van der Waals surface area (Å²) in [6.07, 6.45) is 3.87. The Morgan fingerprint density at radius 3 is 3.05 bits per heavy atom. The zero-order chi connectivity index (χ0) is 14.4. The van der Waals surface area contributed by atoms with Gasteiger partial charge in [0.25, 0.3) is 0 Å². The first kappa shape index (κ1) is 15.3. The van der Waals surface area contributed by atoms with E-state index in [-0.39, 0.29) is 6.61 Å². The number of piperidine rings is 1. The summed E-state index contributed by atoms with van der Waals surface area (Å²) in [5, 5.41) is 12.8. The largest absolute Gasteiger partial charge is 0.392 e. The Morgan fingerprint density at radius 1 is 1.45 bits per heavy atom. The Balaban J connectivity index is 1.91. The van der Waals surface area contributed by atoms with E-state index in [2.05, 4.69) is 30.1 Å². The first-order valence-electron chi connectivity index (χ1n) is 7.91. The fraction of sp³-hybridized carbons (Fsp3) is 0.647. The molecule has 1 heterocycles. The third-order valence-corrected chi connectivity index (χ3v) is 4.29. The van der Waals surface area contributed by atoms with E-state index in [9.17, 15) is 5.11 Å². The van der Waals surface area contributed by atoms with Crippen molar-refractivity contribution < 1.29 is 5.11 Å². The van der Waals surface area contributed by atoms with Crippen LogP contribution < -0.4 is 5.32 Å². The number of aliphatic hydroxyl groups excluding tert-OH is 1. The van der Waals surface area contributed by atoms with Crippen molar-refractivity contribution in [1.29, 1.82) is 0 Å². The zero-order valence-corrected chi connectivity index (χ0v) is 12.8. The lowest BCUT2D eigenvalue weighted by Crippen LogP contribution is -2.42. The first-order valence-corrected chi connectivity index (χ1v) is 7.91. The van der Waals surface area contributed by atoms with E-state index in [4.69, 9.17) is 0 Å². The Labute approximate surface area is 123 Å². The highest BCUT2D eigenvalue weighted by Crippen LogP contribution is 2.23. The van der Waals surface area contributed by atoms with Crippen molar-refractivity contribution in [2.45, 2.75) is 45.8 Å². The molecule has 3 nitrogen and oxygen atoms in total. The monoisotopic (exact) mass is 276 g/mol. The lowest BCUT2D eigenvalue weighted by molar-refractivity contribution is 0.165. The fourth-order valence-corrected chi connectivity index (χ4v) is 3.16. The molecule has 0 aromatic heterocycles. The second-order valence-electron chi connectivity index (χ2n) is 5.99. The van der Waals surface area contributed by atoms with Gasteiger partial charge < -0.3 is 15.3 Å². The molecule has 3 heteroatoms. The van der Waals surface area contributed by atoms with E-state index in [1.54, 1.807) is 0 Å². The standard InChI is InChI=1S/C17H28N2O/c1-3-9-19-10-5-7-16(12-19)14(2)18-17-8-4-6-15(11-17)13-20/h4,6,8,11,14,16,18,20H,3,5,7,9-10,12-13H2,1-2H3. The molecule has 0 aliphatic carbocycles. The Hall–Kier alpha value is -1.06. The lowest BCUT2D eigenvalue weighted by Gasteiger charge is -2.36. The predicted octanol–water partition coefficient (Wildman–Crippen LogP) is 3.10. The van der Waals surface area contributed by atoms with Crippen LogP contribution in [0.3, 0.4) is 0 Å². The maximum Gasteiger partial charge on any atom is 0.0682 e. The van der Waals surface area contributed by atoms with Crippen LogP contribution in [0.2, 0.25) is 0 Å². The minimum absolute atomic E-state index is 0.109. The van der Waals surface area contributed by atoms with E-state index >= 15 is 0 Å². The van der Waals surface area contributed by atoms with Gasteiger partial charge in [-0.3, -0.25) is 0 Å². The third kappa shape index (κ3) is 4.22. The van der Waals surface area contributed by atoms with Crippen molar-refractivity contribution in [3.63, 3.8) is 0 Å². The molecular formula is C17H28N2O. The highest BCUT2D eigenvalue weighted by atomic mass is 16.3. The molecule has 1 saturated heterocycles. The number of likely N-dealkylation sites (tertiary alicyclic amines) is 1. The summed E-state index contributed by atoms with van der Waals surface area (Å²) in [6.45, 7) is 8.34. The van der Waals surface area contributed by atoms with Crippen LogP contribution >= 0.6 is 0 Å². The average molecular weight is 276 g/mol. The average Bonchev–Trinajstić information content (AvgIpc) is 2.48. The number of aliphatic hydroxyl groups is 1. The van der Waals surface area contributed by atoms with E-state index < -0.39 is 0 Å². The van der Waals surface area contributed by atoms with E-state index in [1.165, 1.54) is 38.9 Å². The molecule has 112 valence electrons. The predicted molar refractivity (Wildman–Crippen MR) is 84.9 cm³/mol.